The van der Waals surface area contributed by atoms with Gasteiger partial charge in [-0.2, -0.15) is 5.26 Å². The first-order valence-electron chi connectivity index (χ1n) is 6.23. The fourth-order valence-electron chi connectivity index (χ4n) is 1.80. The van der Waals surface area contributed by atoms with Crippen molar-refractivity contribution >= 4 is 11.7 Å². The van der Waals surface area contributed by atoms with Crippen molar-refractivity contribution in [1.82, 2.24) is 0 Å². The zero-order chi connectivity index (χ0) is 15.4. The lowest BCUT2D eigenvalue weighted by atomic mass is 10.1. The Morgan fingerprint density at radius 2 is 2.10 bits per heavy atom. The van der Waals surface area contributed by atoms with Gasteiger partial charge in [0, 0.05) is 11.3 Å². The molecule has 0 unspecified atom stereocenters. The highest BCUT2D eigenvalue weighted by Crippen LogP contribution is 2.17. The summed E-state index contributed by atoms with van der Waals surface area (Å²) in [6.07, 6.45) is 0. The third-order valence-electron chi connectivity index (χ3n) is 2.97. The standard InChI is InChI=1S/C16H13FN2O2/c1-10-2-5-15(19)13(6-10)16(20)21-9-12-4-3-11(8-18)7-14(12)17/h2-7H,9,19H2,1H3. The van der Waals surface area contributed by atoms with Crippen molar-refractivity contribution in [1.29, 1.82) is 5.26 Å². The number of ether oxygens (including phenoxy) is 1. The number of nitriles is 1. The van der Waals surface area contributed by atoms with Gasteiger partial charge in [-0.3, -0.25) is 0 Å². The topological polar surface area (TPSA) is 76.1 Å². The van der Waals surface area contributed by atoms with Crippen molar-refractivity contribution in [2.24, 2.45) is 0 Å². The maximum atomic E-state index is 13.7. The molecule has 0 fully saturated rings. The number of anilines is 1. The number of aryl methyl sites for hydroxylation is 1. The lowest BCUT2D eigenvalue weighted by molar-refractivity contribution is 0.0470. The average Bonchev–Trinajstić information content (AvgIpc) is 2.48. The summed E-state index contributed by atoms with van der Waals surface area (Å²) in [4.78, 5) is 11.9. The van der Waals surface area contributed by atoms with Gasteiger partial charge in [-0.05, 0) is 31.2 Å². The summed E-state index contributed by atoms with van der Waals surface area (Å²) in [6, 6.07) is 10.8. The van der Waals surface area contributed by atoms with Gasteiger partial charge >= 0.3 is 5.97 Å². The number of hydrogen-bond donors (Lipinski definition) is 1. The average molecular weight is 284 g/mol. The number of hydrogen-bond acceptors (Lipinski definition) is 4. The van der Waals surface area contributed by atoms with Crippen LogP contribution < -0.4 is 5.73 Å². The van der Waals surface area contributed by atoms with Gasteiger partial charge in [0.1, 0.15) is 12.4 Å². The van der Waals surface area contributed by atoms with Gasteiger partial charge in [0.2, 0.25) is 0 Å². The molecular formula is C16H13FN2O2. The normalized spacial score (nSPS) is 9.95. The molecule has 0 saturated heterocycles. The third kappa shape index (κ3) is 3.37. The molecule has 0 spiro atoms. The van der Waals surface area contributed by atoms with E-state index in [2.05, 4.69) is 0 Å². The van der Waals surface area contributed by atoms with Crippen LogP contribution in [0.3, 0.4) is 0 Å². The molecule has 0 aliphatic rings. The van der Waals surface area contributed by atoms with Gasteiger partial charge in [0.05, 0.1) is 17.2 Å². The first kappa shape index (κ1) is 14.5. The van der Waals surface area contributed by atoms with Crippen molar-refractivity contribution in [2.45, 2.75) is 13.5 Å². The second kappa shape index (κ2) is 6.06. The van der Waals surface area contributed by atoms with Crippen LogP contribution in [0.25, 0.3) is 0 Å². The lowest BCUT2D eigenvalue weighted by Crippen LogP contribution is -2.09. The number of rotatable bonds is 3. The number of esters is 1. The zero-order valence-electron chi connectivity index (χ0n) is 11.4. The van der Waals surface area contributed by atoms with Gasteiger partial charge in [-0.25, -0.2) is 9.18 Å². The molecule has 106 valence electrons. The predicted octanol–water partition coefficient (Wildman–Crippen LogP) is 2.95. The fourth-order valence-corrected chi connectivity index (χ4v) is 1.80. The van der Waals surface area contributed by atoms with Crippen molar-refractivity contribution in [3.63, 3.8) is 0 Å². The minimum absolute atomic E-state index is 0.202. The minimum atomic E-state index is -0.611. The maximum Gasteiger partial charge on any atom is 0.340 e. The minimum Gasteiger partial charge on any atom is -0.457 e. The SMILES string of the molecule is Cc1ccc(N)c(C(=O)OCc2ccc(C#N)cc2F)c1. The maximum absolute atomic E-state index is 13.7. The fraction of sp³-hybridized carbons (Fsp3) is 0.125. The third-order valence-corrected chi connectivity index (χ3v) is 2.97. The molecule has 2 aromatic carbocycles. The first-order chi connectivity index (χ1) is 10.0. The summed E-state index contributed by atoms with van der Waals surface area (Å²) in [7, 11) is 0. The molecule has 0 aromatic heterocycles. The van der Waals surface area contributed by atoms with Crippen LogP contribution >= 0.6 is 0 Å². The molecule has 0 atom stereocenters. The highest BCUT2D eigenvalue weighted by Gasteiger charge is 2.13. The molecule has 0 aliphatic carbocycles. The monoisotopic (exact) mass is 284 g/mol. The Hall–Kier alpha value is -2.87. The van der Waals surface area contributed by atoms with E-state index in [-0.39, 0.29) is 23.3 Å². The molecular weight excluding hydrogens is 271 g/mol. The summed E-state index contributed by atoms with van der Waals surface area (Å²) in [6.45, 7) is 1.61. The second-order valence-electron chi connectivity index (χ2n) is 4.58. The van der Waals surface area contributed by atoms with E-state index in [1.165, 1.54) is 12.1 Å². The van der Waals surface area contributed by atoms with Crippen molar-refractivity contribution in [3.8, 4) is 6.07 Å². The van der Waals surface area contributed by atoms with E-state index < -0.39 is 11.8 Å². The van der Waals surface area contributed by atoms with Gasteiger partial charge < -0.3 is 10.5 Å². The zero-order valence-corrected chi connectivity index (χ0v) is 11.4. The Balaban J connectivity index is 2.11. The summed E-state index contributed by atoms with van der Waals surface area (Å²) >= 11 is 0. The van der Waals surface area contributed by atoms with Crippen LogP contribution in [0.2, 0.25) is 0 Å². The Labute approximate surface area is 121 Å². The summed E-state index contributed by atoms with van der Waals surface area (Å²) < 4.78 is 18.7. The number of nitrogens with zero attached hydrogens (tertiary/aromatic N) is 1. The molecule has 0 heterocycles. The molecule has 2 N–H and O–H groups in total. The van der Waals surface area contributed by atoms with Crippen LogP contribution in [0.5, 0.6) is 0 Å². The summed E-state index contributed by atoms with van der Waals surface area (Å²) in [5, 5.41) is 8.66. The molecule has 21 heavy (non-hydrogen) atoms. The van der Waals surface area contributed by atoms with Crippen LogP contribution in [0, 0.1) is 24.1 Å². The van der Waals surface area contributed by atoms with E-state index in [0.717, 1.165) is 11.6 Å². The van der Waals surface area contributed by atoms with Crippen LogP contribution in [-0.2, 0) is 11.3 Å². The largest absolute Gasteiger partial charge is 0.457 e. The van der Waals surface area contributed by atoms with Crippen molar-refractivity contribution in [2.75, 3.05) is 5.73 Å². The van der Waals surface area contributed by atoms with E-state index in [9.17, 15) is 9.18 Å². The molecule has 4 nitrogen and oxygen atoms in total. The Kier molecular flexibility index (Phi) is 4.19. The summed E-state index contributed by atoms with van der Waals surface area (Å²) in [5.41, 5.74) is 7.57. The molecule has 2 rings (SSSR count). The van der Waals surface area contributed by atoms with Crippen LogP contribution in [0.1, 0.15) is 27.0 Å². The molecule has 2 aromatic rings. The van der Waals surface area contributed by atoms with Crippen LogP contribution in [-0.4, -0.2) is 5.97 Å². The number of benzene rings is 2. The molecule has 0 radical (unpaired) electrons. The van der Waals surface area contributed by atoms with E-state index in [4.69, 9.17) is 15.7 Å². The highest BCUT2D eigenvalue weighted by atomic mass is 19.1. The van der Waals surface area contributed by atoms with Crippen molar-refractivity contribution < 1.29 is 13.9 Å². The molecule has 0 saturated carbocycles. The van der Waals surface area contributed by atoms with Gasteiger partial charge in [-0.1, -0.05) is 17.7 Å². The van der Waals surface area contributed by atoms with Gasteiger partial charge in [-0.15, -0.1) is 0 Å². The van der Waals surface area contributed by atoms with Gasteiger partial charge in [0.25, 0.3) is 0 Å². The van der Waals surface area contributed by atoms with E-state index in [1.807, 2.05) is 13.0 Å². The summed E-state index contributed by atoms with van der Waals surface area (Å²) in [5.74, 6) is -1.20. The Morgan fingerprint density at radius 1 is 1.33 bits per heavy atom. The highest BCUT2D eigenvalue weighted by molar-refractivity contribution is 5.95. The van der Waals surface area contributed by atoms with Crippen LogP contribution in [0.4, 0.5) is 10.1 Å². The number of carbonyl (C=O) groups is 1. The molecule has 0 bridgehead atoms. The Bertz CT molecular complexity index is 736. The quantitative estimate of drug-likeness (QED) is 0.694. The molecule has 0 amide bonds. The predicted molar refractivity (Wildman–Crippen MR) is 75.8 cm³/mol. The van der Waals surface area contributed by atoms with Crippen LogP contribution in [0.15, 0.2) is 36.4 Å². The number of nitrogens with two attached hydrogens (primary N) is 1. The van der Waals surface area contributed by atoms with Gasteiger partial charge in [0.15, 0.2) is 0 Å². The number of nitrogen functional groups attached to an aromatic ring is 1. The molecule has 0 aliphatic heterocycles. The first-order valence-corrected chi connectivity index (χ1v) is 6.23. The Morgan fingerprint density at radius 3 is 2.76 bits per heavy atom. The molecule has 5 heteroatoms. The smallest absolute Gasteiger partial charge is 0.340 e. The van der Waals surface area contributed by atoms with E-state index in [1.54, 1.807) is 18.2 Å². The number of carbonyl (C=O) groups excluding carboxylic acids is 1. The lowest BCUT2D eigenvalue weighted by Gasteiger charge is -2.08. The van der Waals surface area contributed by atoms with E-state index >= 15 is 0 Å². The number of halogens is 1. The second-order valence-corrected chi connectivity index (χ2v) is 4.58. The van der Waals surface area contributed by atoms with Crippen molar-refractivity contribution in [3.05, 3.63) is 64.5 Å². The van der Waals surface area contributed by atoms with E-state index in [0.29, 0.717) is 5.69 Å².